The van der Waals surface area contributed by atoms with Gasteiger partial charge < -0.3 is 35.1 Å². The molecule has 21 heteroatoms. The first kappa shape index (κ1) is 47.8. The number of pyridine rings is 1. The number of aliphatic hydroxyl groups is 1. The molecule has 0 aliphatic carbocycles. The number of nitrogens with two attached hydrogens (primary N) is 1. The Hall–Kier alpha value is -6.65. The summed E-state index contributed by atoms with van der Waals surface area (Å²) in [5.74, 6) is 1.46. The third-order valence-corrected chi connectivity index (χ3v) is 13.2. The standard InChI is InChI=1S/C44H51N9O10S2/c1-44(2,3)63-43(55)47-23-32(54)24-48-64(56,57)39-20-19-37(36-21-22-46-25-38(36)45)40(42-49-51-53(50-42)28-31-11-17-35(62-6)18-12-31)41(39)65(58,59)52(26-29-7-13-33(60-4)14-8-29)27-30-9-15-34(61-5)16-10-30/h7-22,25,32,48,54H,23-24,26-28,45H2,1-6H3,(H,47,55)/t32-/m0/s1. The summed E-state index contributed by atoms with van der Waals surface area (Å²) in [6.07, 6.45) is 0.536. The monoisotopic (exact) mass is 929 g/mol. The number of hydrogen-bond donors (Lipinski definition) is 4. The van der Waals surface area contributed by atoms with Crippen molar-refractivity contribution in [3.63, 3.8) is 0 Å². The molecule has 0 aliphatic heterocycles. The number of sulfonamides is 2. The fourth-order valence-electron chi connectivity index (χ4n) is 6.53. The van der Waals surface area contributed by atoms with E-state index in [1.165, 1.54) is 37.5 Å². The Morgan fingerprint density at radius 2 is 1.34 bits per heavy atom. The van der Waals surface area contributed by atoms with Crippen molar-refractivity contribution < 1.29 is 45.7 Å². The SMILES string of the molecule is COc1ccc(CN(Cc2ccc(OC)cc2)S(=O)(=O)c2c(S(=O)(=O)NC[C@@H](O)CNC(=O)OC(C)(C)C)ccc(-c3ccncc3N)c2-c2nnn(Cc3ccc(OC)cc3)n2)cc1. The van der Waals surface area contributed by atoms with E-state index in [4.69, 9.17) is 24.7 Å². The first-order chi connectivity index (χ1) is 30.9. The van der Waals surface area contributed by atoms with Gasteiger partial charge in [0, 0.05) is 37.9 Å². The van der Waals surface area contributed by atoms with Crippen LogP contribution in [-0.4, -0.2) is 104 Å². The third-order valence-electron chi connectivity index (χ3n) is 9.74. The van der Waals surface area contributed by atoms with Gasteiger partial charge in [0.15, 0.2) is 0 Å². The van der Waals surface area contributed by atoms with Crippen LogP contribution in [-0.2, 0) is 44.4 Å². The molecule has 65 heavy (non-hydrogen) atoms. The second kappa shape index (κ2) is 20.5. The van der Waals surface area contributed by atoms with Gasteiger partial charge in [-0.05, 0) is 96.8 Å². The Morgan fingerprint density at radius 3 is 1.86 bits per heavy atom. The average Bonchev–Trinajstić information content (AvgIpc) is 3.75. The van der Waals surface area contributed by atoms with Crippen LogP contribution in [0.1, 0.15) is 37.5 Å². The van der Waals surface area contributed by atoms with Gasteiger partial charge in [0.1, 0.15) is 32.6 Å². The number of hydrogen-bond acceptors (Lipinski definition) is 15. The van der Waals surface area contributed by atoms with E-state index in [2.05, 4.69) is 30.4 Å². The van der Waals surface area contributed by atoms with Gasteiger partial charge >= 0.3 is 6.09 Å². The molecule has 0 bridgehead atoms. The Morgan fingerprint density at radius 1 is 0.785 bits per heavy atom. The number of anilines is 1. The molecule has 2 heterocycles. The summed E-state index contributed by atoms with van der Waals surface area (Å²) in [6, 6.07) is 24.7. The number of carbonyl (C=O) groups is 1. The van der Waals surface area contributed by atoms with Crippen molar-refractivity contribution in [3.8, 4) is 39.8 Å². The van der Waals surface area contributed by atoms with E-state index in [9.17, 15) is 18.3 Å². The van der Waals surface area contributed by atoms with Crippen molar-refractivity contribution in [1.29, 1.82) is 0 Å². The van der Waals surface area contributed by atoms with E-state index in [1.807, 2.05) is 0 Å². The molecule has 19 nitrogen and oxygen atoms in total. The number of amides is 1. The highest BCUT2D eigenvalue weighted by molar-refractivity contribution is 7.92. The van der Waals surface area contributed by atoms with Crippen molar-refractivity contribution in [1.82, 2.24) is 39.5 Å². The smallest absolute Gasteiger partial charge is 0.407 e. The van der Waals surface area contributed by atoms with Crippen molar-refractivity contribution in [3.05, 3.63) is 120 Å². The Labute approximate surface area is 377 Å². The summed E-state index contributed by atoms with van der Waals surface area (Å²) in [5, 5.41) is 26.4. The molecule has 344 valence electrons. The molecule has 2 aromatic heterocycles. The molecule has 1 atom stereocenters. The zero-order valence-electron chi connectivity index (χ0n) is 36.6. The lowest BCUT2D eigenvalue weighted by Gasteiger charge is -2.26. The average molecular weight is 930 g/mol. The maximum Gasteiger partial charge on any atom is 0.407 e. The molecule has 0 saturated carbocycles. The minimum absolute atomic E-state index is 0.0988. The van der Waals surface area contributed by atoms with Gasteiger partial charge in [0.2, 0.25) is 25.9 Å². The summed E-state index contributed by atoms with van der Waals surface area (Å²) in [4.78, 5) is 16.3. The molecule has 0 spiro atoms. The number of alkyl carbamates (subject to hydrolysis) is 1. The number of nitrogens with one attached hydrogen (secondary N) is 2. The maximum absolute atomic E-state index is 15.8. The Kier molecular flexibility index (Phi) is 15.1. The fraction of sp³-hybridized carbons (Fsp3) is 0.295. The Balaban J connectivity index is 1.55. The lowest BCUT2D eigenvalue weighted by molar-refractivity contribution is 0.0494. The van der Waals surface area contributed by atoms with Crippen LogP contribution in [0.4, 0.5) is 10.5 Å². The number of ether oxygens (including phenoxy) is 4. The minimum atomic E-state index is -4.97. The molecule has 6 aromatic rings. The van der Waals surface area contributed by atoms with E-state index in [-0.39, 0.29) is 42.3 Å². The van der Waals surface area contributed by atoms with Crippen LogP contribution >= 0.6 is 0 Å². The lowest BCUT2D eigenvalue weighted by atomic mass is 9.99. The normalized spacial score (nSPS) is 12.4. The van der Waals surface area contributed by atoms with Crippen LogP contribution in [0.25, 0.3) is 22.5 Å². The van der Waals surface area contributed by atoms with E-state index in [0.717, 1.165) is 15.9 Å². The zero-order chi connectivity index (χ0) is 46.9. The van der Waals surface area contributed by atoms with Crippen molar-refractivity contribution >= 4 is 31.8 Å². The molecule has 4 aromatic carbocycles. The van der Waals surface area contributed by atoms with Crippen LogP contribution < -0.4 is 30.0 Å². The second-order valence-electron chi connectivity index (χ2n) is 15.6. The van der Waals surface area contributed by atoms with Crippen molar-refractivity contribution in [2.24, 2.45) is 0 Å². The van der Waals surface area contributed by atoms with Crippen molar-refractivity contribution in [2.45, 2.75) is 61.9 Å². The summed E-state index contributed by atoms with van der Waals surface area (Å²) >= 11 is 0. The number of carbonyl (C=O) groups excluding carboxylic acids is 1. The van der Waals surface area contributed by atoms with Gasteiger partial charge in [0.25, 0.3) is 0 Å². The lowest BCUT2D eigenvalue weighted by Crippen LogP contribution is -2.42. The molecular formula is C44H51N9O10S2. The summed E-state index contributed by atoms with van der Waals surface area (Å²) in [5.41, 5.74) is 7.87. The summed E-state index contributed by atoms with van der Waals surface area (Å²) in [7, 11) is -5.26. The van der Waals surface area contributed by atoms with E-state index in [0.29, 0.717) is 33.9 Å². The number of aromatic nitrogens is 5. The van der Waals surface area contributed by atoms with Gasteiger partial charge in [-0.25, -0.2) is 26.4 Å². The highest BCUT2D eigenvalue weighted by Crippen LogP contribution is 2.42. The number of methoxy groups -OCH3 is 3. The van der Waals surface area contributed by atoms with Crippen LogP contribution in [0.5, 0.6) is 17.2 Å². The highest BCUT2D eigenvalue weighted by atomic mass is 32.2. The van der Waals surface area contributed by atoms with Crippen LogP contribution in [0.15, 0.2) is 113 Å². The predicted molar refractivity (Wildman–Crippen MR) is 241 cm³/mol. The van der Waals surface area contributed by atoms with Gasteiger partial charge in [-0.3, -0.25) is 4.98 Å². The van der Waals surface area contributed by atoms with E-state index in [1.54, 1.807) is 107 Å². The minimum Gasteiger partial charge on any atom is -0.497 e. The largest absolute Gasteiger partial charge is 0.497 e. The van der Waals surface area contributed by atoms with Crippen LogP contribution in [0.3, 0.4) is 0 Å². The van der Waals surface area contributed by atoms with Gasteiger partial charge in [-0.2, -0.15) is 9.10 Å². The Bertz CT molecular complexity index is 2750. The number of benzene rings is 4. The molecule has 0 fully saturated rings. The summed E-state index contributed by atoms with van der Waals surface area (Å²) in [6.45, 7) is 3.59. The van der Waals surface area contributed by atoms with E-state index >= 15 is 8.42 Å². The summed E-state index contributed by atoms with van der Waals surface area (Å²) < 4.78 is 85.7. The van der Waals surface area contributed by atoms with Crippen LogP contribution in [0.2, 0.25) is 0 Å². The van der Waals surface area contributed by atoms with Gasteiger partial charge in [-0.15, -0.1) is 10.2 Å². The first-order valence-electron chi connectivity index (χ1n) is 20.1. The van der Waals surface area contributed by atoms with E-state index < -0.39 is 60.7 Å². The fourth-order valence-corrected chi connectivity index (χ4v) is 10.0. The van der Waals surface area contributed by atoms with Gasteiger partial charge in [0.05, 0.1) is 51.4 Å². The molecule has 5 N–H and O–H groups in total. The van der Waals surface area contributed by atoms with Gasteiger partial charge in [-0.1, -0.05) is 42.5 Å². The topological polar surface area (TPSA) is 252 Å². The molecule has 1 amide bonds. The molecule has 0 aliphatic rings. The quantitative estimate of drug-likeness (QED) is 0.0866. The van der Waals surface area contributed by atoms with Crippen molar-refractivity contribution in [2.75, 3.05) is 40.2 Å². The molecule has 0 unspecified atom stereocenters. The van der Waals surface area contributed by atoms with Crippen LogP contribution in [0, 0.1) is 0 Å². The number of aliphatic hydroxyl groups excluding tert-OH is 1. The second-order valence-corrected chi connectivity index (χ2v) is 19.2. The molecule has 0 saturated heterocycles. The third kappa shape index (κ3) is 12.1. The number of nitrogens with zero attached hydrogens (tertiary/aromatic N) is 6. The molecule has 6 rings (SSSR count). The molecular weight excluding hydrogens is 879 g/mol. The maximum atomic E-state index is 15.8. The number of tetrazole rings is 1. The molecule has 0 radical (unpaired) electrons. The number of nitrogen functional groups attached to an aromatic ring is 1. The number of rotatable bonds is 19. The highest BCUT2D eigenvalue weighted by Gasteiger charge is 2.38. The zero-order valence-corrected chi connectivity index (χ0v) is 38.3. The first-order valence-corrected chi connectivity index (χ1v) is 23.0. The predicted octanol–water partition coefficient (Wildman–Crippen LogP) is 4.61.